The summed E-state index contributed by atoms with van der Waals surface area (Å²) in [5.74, 6) is 0. The van der Waals surface area contributed by atoms with E-state index in [9.17, 15) is 0 Å². The molecule has 0 fully saturated rings. The summed E-state index contributed by atoms with van der Waals surface area (Å²) in [7, 11) is 0. The van der Waals surface area contributed by atoms with E-state index in [4.69, 9.17) is 11.6 Å². The number of rotatable bonds is 3. The summed E-state index contributed by atoms with van der Waals surface area (Å²) in [6.45, 7) is 4.85. The molecule has 3 aromatic rings. The van der Waals surface area contributed by atoms with E-state index < -0.39 is 0 Å². The Morgan fingerprint density at radius 2 is 1.86 bits per heavy atom. The van der Waals surface area contributed by atoms with Gasteiger partial charge in [0.1, 0.15) is 0 Å². The first-order chi connectivity index (χ1) is 10.1. The fourth-order valence-electron chi connectivity index (χ4n) is 2.37. The number of nitrogens with zero attached hydrogens (tertiary/aromatic N) is 1. The van der Waals surface area contributed by atoms with Crippen LogP contribution in [0.25, 0.3) is 10.9 Å². The van der Waals surface area contributed by atoms with Gasteiger partial charge in [0.05, 0.1) is 5.52 Å². The van der Waals surface area contributed by atoms with Crippen LogP contribution in [0.4, 0.5) is 5.69 Å². The van der Waals surface area contributed by atoms with Crippen molar-refractivity contribution in [2.45, 2.75) is 20.4 Å². The van der Waals surface area contributed by atoms with Gasteiger partial charge in [-0.25, -0.2) is 0 Å². The summed E-state index contributed by atoms with van der Waals surface area (Å²) in [5, 5.41) is 5.36. The van der Waals surface area contributed by atoms with Gasteiger partial charge in [0.15, 0.2) is 0 Å². The van der Waals surface area contributed by atoms with Crippen molar-refractivity contribution in [3.8, 4) is 0 Å². The fraction of sp³-hybridized carbons (Fsp3) is 0.167. The monoisotopic (exact) mass is 296 g/mol. The van der Waals surface area contributed by atoms with Crippen molar-refractivity contribution >= 4 is 28.2 Å². The maximum absolute atomic E-state index is 6.04. The van der Waals surface area contributed by atoms with Crippen LogP contribution in [0.5, 0.6) is 0 Å². The van der Waals surface area contributed by atoms with Crippen LogP contribution in [-0.4, -0.2) is 4.98 Å². The van der Waals surface area contributed by atoms with Gasteiger partial charge in [-0.2, -0.15) is 0 Å². The summed E-state index contributed by atoms with van der Waals surface area (Å²) in [6.07, 6.45) is 0. The summed E-state index contributed by atoms with van der Waals surface area (Å²) >= 11 is 6.04. The van der Waals surface area contributed by atoms with Gasteiger partial charge in [-0.3, -0.25) is 4.98 Å². The second-order valence-corrected chi connectivity index (χ2v) is 5.73. The van der Waals surface area contributed by atoms with Crippen molar-refractivity contribution in [3.63, 3.8) is 0 Å². The highest BCUT2D eigenvalue weighted by molar-refractivity contribution is 6.30. The second-order valence-electron chi connectivity index (χ2n) is 5.29. The highest BCUT2D eigenvalue weighted by atomic mass is 35.5. The minimum absolute atomic E-state index is 0.751. The molecule has 0 unspecified atom stereocenters. The lowest BCUT2D eigenvalue weighted by molar-refractivity contribution is 1.14. The number of hydrogen-bond acceptors (Lipinski definition) is 2. The minimum atomic E-state index is 0.751. The molecule has 0 atom stereocenters. The number of anilines is 1. The number of aryl methyl sites for hydroxylation is 2. The van der Waals surface area contributed by atoms with Crippen LogP contribution < -0.4 is 5.32 Å². The highest BCUT2D eigenvalue weighted by Gasteiger charge is 2.01. The Morgan fingerprint density at radius 3 is 2.71 bits per heavy atom. The SMILES string of the molecule is Cc1ccc2cc(CNc3cc(Cl)ccc3C)ccc2n1. The number of pyridine rings is 1. The summed E-state index contributed by atoms with van der Waals surface area (Å²) in [5.41, 5.74) is 5.58. The van der Waals surface area contributed by atoms with Crippen LogP contribution in [0.3, 0.4) is 0 Å². The maximum Gasteiger partial charge on any atom is 0.0705 e. The van der Waals surface area contributed by atoms with Crippen molar-refractivity contribution in [2.24, 2.45) is 0 Å². The molecule has 0 saturated carbocycles. The first-order valence-corrected chi connectivity index (χ1v) is 7.36. The standard InChI is InChI=1S/C18H17ClN2/c1-12-3-7-16(19)10-18(12)20-11-14-5-8-17-15(9-14)6-4-13(2)21-17/h3-10,20H,11H2,1-2H3. The number of halogens is 1. The molecule has 2 aromatic carbocycles. The van der Waals surface area contributed by atoms with E-state index in [1.54, 1.807) is 0 Å². The van der Waals surface area contributed by atoms with Crippen LogP contribution in [-0.2, 0) is 6.54 Å². The third-order valence-corrected chi connectivity index (χ3v) is 3.81. The van der Waals surface area contributed by atoms with E-state index in [1.807, 2.05) is 31.2 Å². The maximum atomic E-state index is 6.04. The largest absolute Gasteiger partial charge is 0.381 e. The first-order valence-electron chi connectivity index (χ1n) is 6.98. The topological polar surface area (TPSA) is 24.9 Å². The van der Waals surface area contributed by atoms with Gasteiger partial charge in [0.2, 0.25) is 0 Å². The number of fused-ring (bicyclic) bond motifs is 1. The van der Waals surface area contributed by atoms with Gasteiger partial charge in [-0.05, 0) is 55.3 Å². The molecule has 0 spiro atoms. The van der Waals surface area contributed by atoms with Gasteiger partial charge < -0.3 is 5.32 Å². The molecule has 0 radical (unpaired) electrons. The van der Waals surface area contributed by atoms with Crippen LogP contribution >= 0.6 is 11.6 Å². The molecule has 1 heterocycles. The quantitative estimate of drug-likeness (QED) is 0.726. The first kappa shape index (κ1) is 13.9. The third-order valence-electron chi connectivity index (χ3n) is 3.58. The molecular weight excluding hydrogens is 280 g/mol. The average Bonchev–Trinajstić information content (AvgIpc) is 2.48. The predicted molar refractivity (Wildman–Crippen MR) is 90.0 cm³/mol. The van der Waals surface area contributed by atoms with Crippen molar-refractivity contribution in [1.82, 2.24) is 4.98 Å². The lowest BCUT2D eigenvalue weighted by Crippen LogP contribution is -2.01. The Morgan fingerprint density at radius 1 is 1.00 bits per heavy atom. The molecule has 3 heteroatoms. The van der Waals surface area contributed by atoms with Crippen molar-refractivity contribution in [3.05, 3.63) is 70.4 Å². The van der Waals surface area contributed by atoms with Crippen molar-refractivity contribution < 1.29 is 0 Å². The van der Waals surface area contributed by atoms with E-state index in [1.165, 1.54) is 16.5 Å². The number of benzene rings is 2. The smallest absolute Gasteiger partial charge is 0.0705 e. The molecule has 106 valence electrons. The van der Waals surface area contributed by atoms with Crippen LogP contribution in [0.1, 0.15) is 16.8 Å². The average molecular weight is 297 g/mol. The van der Waals surface area contributed by atoms with E-state index in [2.05, 4.69) is 41.5 Å². The molecule has 0 bridgehead atoms. The molecule has 0 aliphatic heterocycles. The number of hydrogen-bond donors (Lipinski definition) is 1. The summed E-state index contributed by atoms with van der Waals surface area (Å²) in [4.78, 5) is 4.52. The molecule has 0 aliphatic rings. The second kappa shape index (κ2) is 5.74. The lowest BCUT2D eigenvalue weighted by Gasteiger charge is -2.10. The summed E-state index contributed by atoms with van der Waals surface area (Å²) in [6, 6.07) is 16.4. The molecule has 21 heavy (non-hydrogen) atoms. The summed E-state index contributed by atoms with van der Waals surface area (Å²) < 4.78 is 0. The van der Waals surface area contributed by atoms with Crippen LogP contribution in [0.15, 0.2) is 48.5 Å². The molecule has 1 N–H and O–H groups in total. The Labute approximate surface area is 129 Å². The Bertz CT molecular complexity index is 796. The van der Waals surface area contributed by atoms with Gasteiger partial charge in [-0.1, -0.05) is 29.8 Å². The van der Waals surface area contributed by atoms with E-state index in [0.29, 0.717) is 0 Å². The zero-order valence-electron chi connectivity index (χ0n) is 12.2. The van der Waals surface area contributed by atoms with Gasteiger partial charge in [0.25, 0.3) is 0 Å². The fourth-order valence-corrected chi connectivity index (χ4v) is 2.54. The molecule has 1 aromatic heterocycles. The van der Waals surface area contributed by atoms with Crippen molar-refractivity contribution in [1.29, 1.82) is 0 Å². The normalized spacial score (nSPS) is 10.8. The lowest BCUT2D eigenvalue weighted by atomic mass is 10.1. The molecule has 3 rings (SSSR count). The van der Waals surface area contributed by atoms with Crippen LogP contribution in [0, 0.1) is 13.8 Å². The number of aromatic nitrogens is 1. The zero-order valence-corrected chi connectivity index (χ0v) is 12.9. The Kier molecular flexibility index (Phi) is 3.80. The molecule has 0 saturated heterocycles. The van der Waals surface area contributed by atoms with Gasteiger partial charge >= 0.3 is 0 Å². The minimum Gasteiger partial charge on any atom is -0.381 e. The third kappa shape index (κ3) is 3.17. The number of nitrogens with one attached hydrogen (secondary N) is 1. The van der Waals surface area contributed by atoms with E-state index in [-0.39, 0.29) is 0 Å². The van der Waals surface area contributed by atoms with Gasteiger partial charge in [0, 0.05) is 28.3 Å². The highest BCUT2D eigenvalue weighted by Crippen LogP contribution is 2.21. The predicted octanol–water partition coefficient (Wildman–Crippen LogP) is 5.12. The van der Waals surface area contributed by atoms with Crippen LogP contribution in [0.2, 0.25) is 5.02 Å². The Balaban J connectivity index is 1.82. The zero-order chi connectivity index (χ0) is 14.8. The van der Waals surface area contributed by atoms with E-state index in [0.717, 1.165) is 28.5 Å². The molecule has 0 amide bonds. The Hall–Kier alpha value is -2.06. The molecular formula is C18H17ClN2. The van der Waals surface area contributed by atoms with Gasteiger partial charge in [-0.15, -0.1) is 0 Å². The van der Waals surface area contributed by atoms with Crippen molar-refractivity contribution in [2.75, 3.05) is 5.32 Å². The van der Waals surface area contributed by atoms with E-state index >= 15 is 0 Å². The molecule has 2 nitrogen and oxygen atoms in total. The molecule has 0 aliphatic carbocycles.